The van der Waals surface area contributed by atoms with Crippen molar-refractivity contribution in [2.45, 2.75) is 71.4 Å². The minimum Gasteiger partial charge on any atom is -0.353 e. The van der Waals surface area contributed by atoms with E-state index in [-0.39, 0.29) is 17.4 Å². The van der Waals surface area contributed by atoms with Gasteiger partial charge in [-0.2, -0.15) is 0 Å². The molecule has 3 N–H and O–H groups in total. The highest BCUT2D eigenvalue weighted by molar-refractivity contribution is 5.77. The van der Waals surface area contributed by atoms with E-state index in [9.17, 15) is 4.79 Å². The summed E-state index contributed by atoms with van der Waals surface area (Å²) < 4.78 is 0. The quantitative estimate of drug-likeness (QED) is 0.755. The van der Waals surface area contributed by atoms with Crippen LogP contribution in [0.5, 0.6) is 0 Å². The van der Waals surface area contributed by atoms with Gasteiger partial charge in [0.1, 0.15) is 0 Å². The van der Waals surface area contributed by atoms with E-state index in [1.165, 1.54) is 12.8 Å². The maximum atomic E-state index is 11.9. The van der Waals surface area contributed by atoms with Crippen LogP contribution < -0.4 is 11.1 Å². The molecule has 0 aromatic heterocycles. The fraction of sp³-hybridized carbons (Fsp3) is 0.923. The standard InChI is InChI=1S/C13H26N2O/c1-4-11(14)13(2,3)9-12(16)15-10-7-5-6-8-10/h10-11H,4-9,14H2,1-3H3,(H,15,16). The topological polar surface area (TPSA) is 55.1 Å². The van der Waals surface area contributed by atoms with Gasteiger partial charge < -0.3 is 11.1 Å². The van der Waals surface area contributed by atoms with Crippen molar-refractivity contribution in [3.05, 3.63) is 0 Å². The first-order valence-electron chi connectivity index (χ1n) is 6.50. The molecule has 3 nitrogen and oxygen atoms in total. The molecule has 3 heteroatoms. The lowest BCUT2D eigenvalue weighted by molar-refractivity contribution is -0.124. The molecule has 0 spiro atoms. The number of amides is 1. The average Bonchev–Trinajstić information content (AvgIpc) is 2.67. The number of carbonyl (C=O) groups excluding carboxylic acids is 1. The molecular formula is C13H26N2O. The smallest absolute Gasteiger partial charge is 0.220 e. The van der Waals surface area contributed by atoms with E-state index in [1.807, 2.05) is 0 Å². The van der Waals surface area contributed by atoms with Crippen molar-refractivity contribution in [3.63, 3.8) is 0 Å². The Kier molecular flexibility index (Phi) is 4.78. The van der Waals surface area contributed by atoms with Crippen LogP contribution in [0.15, 0.2) is 0 Å². The van der Waals surface area contributed by atoms with E-state index in [4.69, 9.17) is 5.73 Å². The van der Waals surface area contributed by atoms with Crippen molar-refractivity contribution in [1.82, 2.24) is 5.32 Å². The van der Waals surface area contributed by atoms with Crippen molar-refractivity contribution < 1.29 is 4.79 Å². The molecule has 1 saturated carbocycles. The van der Waals surface area contributed by atoms with E-state index in [1.54, 1.807) is 0 Å². The Bertz CT molecular complexity index is 232. The van der Waals surface area contributed by atoms with Crippen LogP contribution in [0.1, 0.15) is 59.3 Å². The minimum absolute atomic E-state index is 0.0989. The molecule has 0 heterocycles. The van der Waals surface area contributed by atoms with Gasteiger partial charge in [0.05, 0.1) is 0 Å². The second-order valence-corrected chi connectivity index (χ2v) is 5.73. The van der Waals surface area contributed by atoms with Crippen molar-refractivity contribution >= 4 is 5.91 Å². The van der Waals surface area contributed by atoms with Crippen LogP contribution in [-0.4, -0.2) is 18.0 Å². The van der Waals surface area contributed by atoms with Gasteiger partial charge in [-0.05, 0) is 24.7 Å². The second kappa shape index (κ2) is 5.67. The molecule has 1 amide bonds. The van der Waals surface area contributed by atoms with Gasteiger partial charge >= 0.3 is 0 Å². The highest BCUT2D eigenvalue weighted by atomic mass is 16.1. The average molecular weight is 226 g/mol. The van der Waals surface area contributed by atoms with Crippen molar-refractivity contribution in [3.8, 4) is 0 Å². The molecule has 1 atom stereocenters. The molecule has 0 aliphatic heterocycles. The van der Waals surface area contributed by atoms with E-state index < -0.39 is 0 Å². The third-order valence-corrected chi connectivity index (χ3v) is 3.78. The fourth-order valence-electron chi connectivity index (χ4n) is 2.45. The molecule has 1 rings (SSSR count). The summed E-state index contributed by atoms with van der Waals surface area (Å²) in [5.41, 5.74) is 5.93. The Balaban J connectivity index is 2.37. The van der Waals surface area contributed by atoms with Gasteiger partial charge in [-0.1, -0.05) is 33.6 Å². The minimum atomic E-state index is -0.0998. The molecule has 0 radical (unpaired) electrons. The number of nitrogens with two attached hydrogens (primary N) is 1. The number of hydrogen-bond donors (Lipinski definition) is 2. The third-order valence-electron chi connectivity index (χ3n) is 3.78. The zero-order valence-electron chi connectivity index (χ0n) is 10.9. The summed E-state index contributed by atoms with van der Waals surface area (Å²) in [7, 11) is 0. The molecule has 0 aromatic carbocycles. The van der Waals surface area contributed by atoms with Crippen LogP contribution in [0, 0.1) is 5.41 Å². The molecule has 0 aromatic rings. The fourth-order valence-corrected chi connectivity index (χ4v) is 2.45. The second-order valence-electron chi connectivity index (χ2n) is 5.73. The lowest BCUT2D eigenvalue weighted by Gasteiger charge is -2.30. The van der Waals surface area contributed by atoms with E-state index in [2.05, 4.69) is 26.1 Å². The summed E-state index contributed by atoms with van der Waals surface area (Å²) in [5.74, 6) is 0.167. The van der Waals surface area contributed by atoms with Gasteiger partial charge in [0.15, 0.2) is 0 Å². The Labute approximate surface area is 99.2 Å². The first-order valence-corrected chi connectivity index (χ1v) is 6.50. The number of rotatable bonds is 5. The Morgan fingerprint density at radius 2 is 2.00 bits per heavy atom. The van der Waals surface area contributed by atoms with Crippen LogP contribution in [0.2, 0.25) is 0 Å². The Hall–Kier alpha value is -0.570. The van der Waals surface area contributed by atoms with E-state index in [0.29, 0.717) is 12.5 Å². The number of carbonyl (C=O) groups is 1. The van der Waals surface area contributed by atoms with Gasteiger partial charge in [0.2, 0.25) is 5.91 Å². The summed E-state index contributed by atoms with van der Waals surface area (Å²) in [6.07, 6.45) is 6.26. The molecule has 0 saturated heterocycles. The Morgan fingerprint density at radius 1 is 1.44 bits per heavy atom. The van der Waals surface area contributed by atoms with Crippen molar-refractivity contribution in [2.24, 2.45) is 11.1 Å². The predicted molar refractivity (Wildman–Crippen MR) is 67.1 cm³/mol. The molecule has 0 bridgehead atoms. The number of nitrogens with one attached hydrogen (secondary N) is 1. The van der Waals surface area contributed by atoms with Crippen molar-refractivity contribution in [2.75, 3.05) is 0 Å². The van der Waals surface area contributed by atoms with Gasteiger partial charge in [-0.15, -0.1) is 0 Å². The summed E-state index contributed by atoms with van der Waals surface area (Å²) in [4.78, 5) is 11.9. The van der Waals surface area contributed by atoms with Crippen LogP contribution in [-0.2, 0) is 4.79 Å². The largest absolute Gasteiger partial charge is 0.353 e. The van der Waals surface area contributed by atoms with Crippen LogP contribution in [0.25, 0.3) is 0 Å². The summed E-state index contributed by atoms with van der Waals surface area (Å²) in [5, 5.41) is 3.12. The third kappa shape index (κ3) is 3.78. The van der Waals surface area contributed by atoms with Crippen LogP contribution >= 0.6 is 0 Å². The summed E-state index contributed by atoms with van der Waals surface area (Å²) in [6, 6.07) is 0.517. The SMILES string of the molecule is CCC(N)C(C)(C)CC(=O)NC1CCCC1. The lowest BCUT2D eigenvalue weighted by Crippen LogP contribution is -2.42. The first-order chi connectivity index (χ1) is 7.45. The highest BCUT2D eigenvalue weighted by Gasteiger charge is 2.29. The first kappa shape index (κ1) is 13.5. The van der Waals surface area contributed by atoms with Gasteiger partial charge in [0, 0.05) is 18.5 Å². The zero-order chi connectivity index (χ0) is 12.2. The van der Waals surface area contributed by atoms with Crippen LogP contribution in [0.3, 0.4) is 0 Å². The van der Waals surface area contributed by atoms with Crippen LogP contribution in [0.4, 0.5) is 0 Å². The molecule has 1 unspecified atom stereocenters. The summed E-state index contributed by atoms with van der Waals surface area (Å²) >= 11 is 0. The van der Waals surface area contributed by atoms with Gasteiger partial charge in [-0.3, -0.25) is 4.79 Å². The zero-order valence-corrected chi connectivity index (χ0v) is 10.9. The highest BCUT2D eigenvalue weighted by Crippen LogP contribution is 2.26. The van der Waals surface area contributed by atoms with E-state index >= 15 is 0 Å². The molecule has 1 aliphatic rings. The maximum absolute atomic E-state index is 11.9. The molecule has 94 valence electrons. The van der Waals surface area contributed by atoms with Gasteiger partial charge in [0.25, 0.3) is 0 Å². The normalized spacial score (nSPS) is 19.8. The van der Waals surface area contributed by atoms with Crippen molar-refractivity contribution in [1.29, 1.82) is 0 Å². The monoisotopic (exact) mass is 226 g/mol. The number of hydrogen-bond acceptors (Lipinski definition) is 2. The van der Waals surface area contributed by atoms with E-state index in [0.717, 1.165) is 19.3 Å². The maximum Gasteiger partial charge on any atom is 0.220 e. The summed E-state index contributed by atoms with van der Waals surface area (Å²) in [6.45, 7) is 6.23. The predicted octanol–water partition coefficient (Wildman–Crippen LogP) is 2.20. The molecular weight excluding hydrogens is 200 g/mol. The molecule has 16 heavy (non-hydrogen) atoms. The molecule has 1 fully saturated rings. The Morgan fingerprint density at radius 3 is 2.50 bits per heavy atom. The molecule has 1 aliphatic carbocycles. The lowest BCUT2D eigenvalue weighted by atomic mass is 9.80. The van der Waals surface area contributed by atoms with Gasteiger partial charge in [-0.25, -0.2) is 0 Å².